The van der Waals surface area contributed by atoms with Crippen LogP contribution >= 0.6 is 8.03 Å². The number of rotatable bonds is 2. The number of hydrogen-bond acceptors (Lipinski definition) is 5. The van der Waals surface area contributed by atoms with E-state index in [1.165, 1.54) is 19.3 Å². The third-order valence-electron chi connectivity index (χ3n) is 0.705. The van der Waals surface area contributed by atoms with Crippen LogP contribution in [0.1, 0.15) is 0 Å². The average molecular weight is 159 g/mol. The number of aromatic nitrogens is 3. The van der Waals surface area contributed by atoms with Gasteiger partial charge in [-0.1, -0.05) is 0 Å². The first kappa shape index (κ1) is 7.15. The molecule has 1 aromatic rings. The van der Waals surface area contributed by atoms with Gasteiger partial charge in [0.15, 0.2) is 0 Å². The van der Waals surface area contributed by atoms with E-state index in [4.69, 9.17) is 4.52 Å². The molecule has 0 aliphatic carbocycles. The molecule has 6 heteroatoms. The predicted octanol–water partition coefficient (Wildman–Crippen LogP) is 0.355. The Morgan fingerprint density at radius 3 is 2.60 bits per heavy atom. The van der Waals surface area contributed by atoms with Crippen LogP contribution in [0.4, 0.5) is 0 Å². The third-order valence-corrected chi connectivity index (χ3v) is 1.17. The molecule has 0 aliphatic heterocycles. The van der Waals surface area contributed by atoms with Crippen LogP contribution in [0.2, 0.25) is 0 Å². The van der Waals surface area contributed by atoms with Gasteiger partial charge in [-0.15, -0.1) is 0 Å². The SMILES string of the molecule is C[PH](=O)Oc1ncncn1. The monoisotopic (exact) mass is 159 g/mol. The second kappa shape index (κ2) is 3.27. The van der Waals surface area contributed by atoms with Crippen LogP contribution in [-0.2, 0) is 4.57 Å². The van der Waals surface area contributed by atoms with Crippen molar-refractivity contribution in [3.63, 3.8) is 0 Å². The van der Waals surface area contributed by atoms with Crippen LogP contribution in [0.25, 0.3) is 0 Å². The first-order chi connectivity index (χ1) is 4.79. The van der Waals surface area contributed by atoms with Gasteiger partial charge in [0, 0.05) is 6.66 Å². The zero-order valence-corrected chi connectivity index (χ0v) is 6.31. The van der Waals surface area contributed by atoms with Crippen LogP contribution in [-0.4, -0.2) is 21.6 Å². The first-order valence-corrected chi connectivity index (χ1v) is 4.41. The van der Waals surface area contributed by atoms with E-state index in [0.29, 0.717) is 0 Å². The second-order valence-corrected chi connectivity index (χ2v) is 2.70. The van der Waals surface area contributed by atoms with E-state index in [1.807, 2.05) is 0 Å². The maximum atomic E-state index is 10.5. The molecule has 5 nitrogen and oxygen atoms in total. The Balaban J connectivity index is 2.67. The predicted molar refractivity (Wildman–Crippen MR) is 35.4 cm³/mol. The fraction of sp³-hybridized carbons (Fsp3) is 0.250. The van der Waals surface area contributed by atoms with E-state index < -0.39 is 8.03 Å². The largest absolute Gasteiger partial charge is 0.412 e. The number of hydrogen-bond donors (Lipinski definition) is 0. The van der Waals surface area contributed by atoms with Gasteiger partial charge in [0.05, 0.1) is 0 Å². The molecule has 1 heterocycles. The minimum atomic E-state index is -1.99. The molecule has 0 spiro atoms. The fourth-order valence-electron chi connectivity index (χ4n) is 0.410. The summed E-state index contributed by atoms with van der Waals surface area (Å²) in [5, 5.41) is 0. The highest BCUT2D eigenvalue weighted by Crippen LogP contribution is 2.16. The maximum Gasteiger partial charge on any atom is 0.324 e. The minimum absolute atomic E-state index is 0.112. The van der Waals surface area contributed by atoms with Crippen molar-refractivity contribution in [3.05, 3.63) is 12.7 Å². The fourth-order valence-corrected chi connectivity index (χ4v) is 0.772. The van der Waals surface area contributed by atoms with Crippen LogP contribution in [0.3, 0.4) is 0 Å². The van der Waals surface area contributed by atoms with Gasteiger partial charge >= 0.3 is 6.01 Å². The average Bonchev–Trinajstić information content (AvgIpc) is 1.88. The van der Waals surface area contributed by atoms with E-state index in [-0.39, 0.29) is 6.01 Å². The van der Waals surface area contributed by atoms with E-state index in [0.717, 1.165) is 0 Å². The van der Waals surface area contributed by atoms with Gasteiger partial charge in [-0.2, -0.15) is 9.97 Å². The third kappa shape index (κ3) is 2.11. The van der Waals surface area contributed by atoms with Crippen molar-refractivity contribution in [2.75, 3.05) is 6.66 Å². The minimum Gasteiger partial charge on any atom is -0.412 e. The molecule has 0 fully saturated rings. The lowest BCUT2D eigenvalue weighted by Crippen LogP contribution is -1.88. The Labute approximate surface area is 58.4 Å². The molecular weight excluding hydrogens is 153 g/mol. The molecular formula is C4H6N3O2P. The molecule has 1 rings (SSSR count). The maximum absolute atomic E-state index is 10.5. The quantitative estimate of drug-likeness (QED) is 0.582. The van der Waals surface area contributed by atoms with Crippen molar-refractivity contribution in [1.29, 1.82) is 0 Å². The van der Waals surface area contributed by atoms with Gasteiger partial charge in [0.2, 0.25) is 8.03 Å². The van der Waals surface area contributed by atoms with Crippen molar-refractivity contribution in [2.24, 2.45) is 0 Å². The normalized spacial score (nSPS) is 12.5. The lowest BCUT2D eigenvalue weighted by Gasteiger charge is -1.95. The summed E-state index contributed by atoms with van der Waals surface area (Å²) in [6.07, 6.45) is 2.57. The Bertz CT molecular complexity index is 227. The Morgan fingerprint density at radius 2 is 2.10 bits per heavy atom. The van der Waals surface area contributed by atoms with Gasteiger partial charge in [-0.05, 0) is 0 Å². The lowest BCUT2D eigenvalue weighted by molar-refractivity contribution is 0.486. The molecule has 54 valence electrons. The van der Waals surface area contributed by atoms with Crippen molar-refractivity contribution < 1.29 is 9.09 Å². The Hall–Kier alpha value is -0.960. The van der Waals surface area contributed by atoms with Crippen LogP contribution < -0.4 is 4.52 Å². The molecule has 0 aliphatic rings. The van der Waals surface area contributed by atoms with Gasteiger partial charge in [-0.25, -0.2) is 4.98 Å². The van der Waals surface area contributed by atoms with Crippen LogP contribution in [0.15, 0.2) is 12.7 Å². The van der Waals surface area contributed by atoms with Gasteiger partial charge in [0.1, 0.15) is 12.7 Å². The van der Waals surface area contributed by atoms with Gasteiger partial charge in [0.25, 0.3) is 0 Å². The molecule has 0 saturated heterocycles. The summed E-state index contributed by atoms with van der Waals surface area (Å²) in [4.78, 5) is 10.8. The smallest absolute Gasteiger partial charge is 0.324 e. The van der Waals surface area contributed by atoms with E-state index in [9.17, 15) is 4.57 Å². The molecule has 1 aromatic heterocycles. The second-order valence-electron chi connectivity index (χ2n) is 1.51. The summed E-state index contributed by atoms with van der Waals surface area (Å²) in [6.45, 7) is 1.47. The molecule has 0 bridgehead atoms. The topological polar surface area (TPSA) is 65.0 Å². The zero-order chi connectivity index (χ0) is 7.40. The molecule has 0 amide bonds. The molecule has 0 radical (unpaired) electrons. The number of nitrogens with zero attached hydrogens (tertiary/aromatic N) is 3. The highest BCUT2D eigenvalue weighted by molar-refractivity contribution is 7.38. The van der Waals surface area contributed by atoms with Gasteiger partial charge < -0.3 is 4.52 Å². The van der Waals surface area contributed by atoms with Crippen molar-refractivity contribution in [3.8, 4) is 6.01 Å². The molecule has 0 N–H and O–H groups in total. The van der Waals surface area contributed by atoms with Crippen LogP contribution in [0.5, 0.6) is 6.01 Å². The Morgan fingerprint density at radius 1 is 1.50 bits per heavy atom. The summed E-state index contributed by atoms with van der Waals surface area (Å²) in [5.74, 6) is 0. The first-order valence-electron chi connectivity index (χ1n) is 2.59. The van der Waals surface area contributed by atoms with E-state index >= 15 is 0 Å². The molecule has 10 heavy (non-hydrogen) atoms. The molecule has 1 atom stereocenters. The van der Waals surface area contributed by atoms with Gasteiger partial charge in [-0.3, -0.25) is 4.57 Å². The van der Waals surface area contributed by atoms with Crippen molar-refractivity contribution >= 4 is 8.03 Å². The van der Waals surface area contributed by atoms with E-state index in [1.54, 1.807) is 0 Å². The van der Waals surface area contributed by atoms with Crippen LogP contribution in [0, 0.1) is 0 Å². The summed E-state index contributed by atoms with van der Waals surface area (Å²) < 4.78 is 15.2. The summed E-state index contributed by atoms with van der Waals surface area (Å²) in [5.41, 5.74) is 0. The lowest BCUT2D eigenvalue weighted by atomic mass is 11.0. The highest BCUT2D eigenvalue weighted by Gasteiger charge is 1.94. The molecule has 1 unspecified atom stereocenters. The molecule has 0 saturated carbocycles. The summed E-state index contributed by atoms with van der Waals surface area (Å²) in [7, 11) is -1.99. The Kier molecular flexibility index (Phi) is 2.34. The summed E-state index contributed by atoms with van der Waals surface area (Å²) >= 11 is 0. The summed E-state index contributed by atoms with van der Waals surface area (Å²) in [6, 6.07) is 0.112. The van der Waals surface area contributed by atoms with E-state index in [2.05, 4.69) is 15.0 Å². The van der Waals surface area contributed by atoms with Crippen molar-refractivity contribution in [2.45, 2.75) is 0 Å². The highest BCUT2D eigenvalue weighted by atomic mass is 31.1. The van der Waals surface area contributed by atoms with Crippen molar-refractivity contribution in [1.82, 2.24) is 15.0 Å². The molecule has 0 aromatic carbocycles. The standard InChI is InChI=1S/C4H6N3O2P/c1-10(8)9-4-6-2-5-3-7-4/h2-3,10H,1H3. The zero-order valence-electron chi connectivity index (χ0n) is 5.31.